The van der Waals surface area contributed by atoms with Crippen LogP contribution in [0.2, 0.25) is 0 Å². The van der Waals surface area contributed by atoms with Crippen molar-refractivity contribution < 1.29 is 35.1 Å². The van der Waals surface area contributed by atoms with Crippen molar-refractivity contribution in [3.05, 3.63) is 0 Å². The summed E-state index contributed by atoms with van der Waals surface area (Å²) in [6.07, 6.45) is -6.10. The van der Waals surface area contributed by atoms with Crippen LogP contribution in [0.25, 0.3) is 0 Å². The van der Waals surface area contributed by atoms with Gasteiger partial charge in [-0.25, -0.2) is 4.39 Å². The second-order valence-electron chi connectivity index (χ2n) is 2.14. The van der Waals surface area contributed by atoms with Crippen LogP contribution in [-0.4, -0.2) is 20.6 Å². The van der Waals surface area contributed by atoms with Gasteiger partial charge in [0.1, 0.15) is 0 Å². The second kappa shape index (κ2) is 3.59. The SMILES string of the molecule is FC(F)(F)C(F)(I)C(F)(F)C(F)(F)Br. The molecule has 0 aromatic heterocycles. The Hall–Kier alpha value is 0.650. The number of rotatable bonds is 2. The Kier molecular flexibility index (Phi) is 3.76. The molecule has 0 aromatic carbocycles. The highest BCUT2D eigenvalue weighted by Crippen LogP contribution is 2.57. The fraction of sp³-hybridized carbons (Fsp3) is 1.00. The van der Waals surface area contributed by atoms with Crippen LogP contribution < -0.4 is 0 Å². The lowest BCUT2D eigenvalue weighted by atomic mass is 10.2. The number of halogens is 10. The molecule has 0 radical (unpaired) electrons. The van der Waals surface area contributed by atoms with Crippen molar-refractivity contribution in [1.29, 1.82) is 0 Å². The van der Waals surface area contributed by atoms with Crippen LogP contribution in [0.1, 0.15) is 0 Å². The Labute approximate surface area is 94.3 Å². The molecule has 0 fully saturated rings. The fourth-order valence-corrected chi connectivity index (χ4v) is 1.34. The molecular weight excluding hydrogens is 407 g/mol. The largest absolute Gasteiger partial charge is 0.438 e. The Morgan fingerprint density at radius 3 is 1.14 bits per heavy atom. The maximum Gasteiger partial charge on any atom is 0.438 e. The highest BCUT2D eigenvalue weighted by Gasteiger charge is 2.78. The summed E-state index contributed by atoms with van der Waals surface area (Å²) in [6, 6.07) is 0. The van der Waals surface area contributed by atoms with E-state index in [1.54, 1.807) is 0 Å². The monoisotopic (exact) mass is 406 g/mol. The summed E-state index contributed by atoms with van der Waals surface area (Å²) in [7, 11) is 0. The Balaban J connectivity index is 5.30. The van der Waals surface area contributed by atoms with Gasteiger partial charge in [0.05, 0.1) is 0 Å². The van der Waals surface area contributed by atoms with E-state index in [1.165, 1.54) is 0 Å². The Bertz CT molecular complexity index is 190. The molecular formula is C4BrF8I. The van der Waals surface area contributed by atoms with Crippen LogP contribution in [-0.2, 0) is 0 Å². The lowest BCUT2D eigenvalue weighted by Gasteiger charge is -2.32. The molecule has 0 heterocycles. The molecule has 0 N–H and O–H groups in total. The highest BCUT2D eigenvalue weighted by molar-refractivity contribution is 14.1. The van der Waals surface area contributed by atoms with E-state index >= 15 is 0 Å². The van der Waals surface area contributed by atoms with Gasteiger partial charge >= 0.3 is 20.6 Å². The quantitative estimate of drug-likeness (QED) is 0.365. The minimum atomic E-state index is -6.10. The van der Waals surface area contributed by atoms with Crippen molar-refractivity contribution in [3.8, 4) is 0 Å². The first-order valence-electron chi connectivity index (χ1n) is 2.64. The van der Waals surface area contributed by atoms with Gasteiger partial charge in [0.2, 0.25) is 0 Å². The van der Waals surface area contributed by atoms with E-state index in [1.807, 2.05) is 0 Å². The molecule has 10 heteroatoms. The fourth-order valence-electron chi connectivity index (χ4n) is 0.356. The van der Waals surface area contributed by atoms with Crippen molar-refractivity contribution in [2.24, 2.45) is 0 Å². The zero-order valence-electron chi connectivity index (χ0n) is 5.78. The van der Waals surface area contributed by atoms with Crippen molar-refractivity contribution in [2.45, 2.75) is 20.6 Å². The van der Waals surface area contributed by atoms with Crippen LogP contribution in [0.4, 0.5) is 35.1 Å². The summed E-state index contributed by atoms with van der Waals surface area (Å²) in [6.45, 7) is 0. The van der Waals surface area contributed by atoms with Gasteiger partial charge in [0.15, 0.2) is 0 Å². The Morgan fingerprint density at radius 2 is 1.07 bits per heavy atom. The van der Waals surface area contributed by atoms with E-state index in [2.05, 4.69) is 0 Å². The van der Waals surface area contributed by atoms with E-state index < -0.39 is 43.2 Å². The first-order valence-corrected chi connectivity index (χ1v) is 4.51. The lowest BCUT2D eigenvalue weighted by Crippen LogP contribution is -2.57. The van der Waals surface area contributed by atoms with Gasteiger partial charge in [-0.15, -0.1) is 0 Å². The molecule has 14 heavy (non-hydrogen) atoms. The summed E-state index contributed by atoms with van der Waals surface area (Å²) < 4.78 is 90.6. The topological polar surface area (TPSA) is 0 Å². The van der Waals surface area contributed by atoms with Gasteiger partial charge in [0.25, 0.3) is 0 Å². The van der Waals surface area contributed by atoms with E-state index in [4.69, 9.17) is 0 Å². The molecule has 1 unspecified atom stereocenters. The number of hydrogen-bond acceptors (Lipinski definition) is 0. The molecule has 0 aliphatic carbocycles. The molecule has 0 bridgehead atoms. The van der Waals surface area contributed by atoms with Crippen LogP contribution in [0.5, 0.6) is 0 Å². The number of alkyl halides is 10. The third kappa shape index (κ3) is 2.25. The Morgan fingerprint density at radius 1 is 0.786 bits per heavy atom. The molecule has 0 spiro atoms. The zero-order chi connectivity index (χ0) is 12.0. The summed E-state index contributed by atoms with van der Waals surface area (Å²) in [5.74, 6) is -5.90. The summed E-state index contributed by atoms with van der Waals surface area (Å²) in [5, 5.41) is 0. The second-order valence-corrected chi connectivity index (χ2v) is 4.63. The molecule has 1 atom stereocenters. The summed E-state index contributed by atoms with van der Waals surface area (Å²) in [4.78, 5) is -5.29. The van der Waals surface area contributed by atoms with Crippen molar-refractivity contribution in [2.75, 3.05) is 0 Å². The van der Waals surface area contributed by atoms with E-state index in [-0.39, 0.29) is 0 Å². The molecule has 0 aliphatic heterocycles. The molecule has 0 aromatic rings. The molecule has 86 valence electrons. The zero-order valence-corrected chi connectivity index (χ0v) is 9.52. The minimum absolute atomic E-state index is 0.401. The standard InChI is InChI=1S/C4BrF8I/c5-3(9,10)1(6,7)2(8,14)4(11,12)13. The maximum atomic E-state index is 12.5. The summed E-state index contributed by atoms with van der Waals surface area (Å²) in [5.41, 5.74) is 0. The maximum absolute atomic E-state index is 12.5. The van der Waals surface area contributed by atoms with Gasteiger partial charge in [0, 0.05) is 0 Å². The molecule has 0 nitrogen and oxygen atoms in total. The highest BCUT2D eigenvalue weighted by atomic mass is 127. The van der Waals surface area contributed by atoms with Gasteiger partial charge in [-0.2, -0.15) is 30.7 Å². The average Bonchev–Trinajstić information content (AvgIpc) is 1.81. The molecule has 0 amide bonds. The van der Waals surface area contributed by atoms with E-state index in [0.29, 0.717) is 0 Å². The van der Waals surface area contributed by atoms with Crippen molar-refractivity contribution in [3.63, 3.8) is 0 Å². The molecule has 0 aliphatic rings. The minimum Gasteiger partial charge on any atom is -0.215 e. The number of hydrogen-bond donors (Lipinski definition) is 0. The molecule has 0 saturated carbocycles. The average molecular weight is 407 g/mol. The normalized spacial score (nSPS) is 19.3. The van der Waals surface area contributed by atoms with Crippen LogP contribution in [0, 0.1) is 0 Å². The first-order chi connectivity index (χ1) is 5.75. The van der Waals surface area contributed by atoms with Crippen molar-refractivity contribution in [1.82, 2.24) is 0 Å². The smallest absolute Gasteiger partial charge is 0.215 e. The van der Waals surface area contributed by atoms with Gasteiger partial charge < -0.3 is 0 Å². The van der Waals surface area contributed by atoms with Crippen LogP contribution in [0.15, 0.2) is 0 Å². The van der Waals surface area contributed by atoms with Gasteiger partial charge in [-0.3, -0.25) is 0 Å². The van der Waals surface area contributed by atoms with Gasteiger partial charge in [-0.05, 0) is 38.5 Å². The molecule has 0 saturated heterocycles. The van der Waals surface area contributed by atoms with Crippen molar-refractivity contribution >= 4 is 38.5 Å². The first kappa shape index (κ1) is 14.6. The molecule has 0 rings (SSSR count). The van der Waals surface area contributed by atoms with Gasteiger partial charge in [-0.1, -0.05) is 0 Å². The third-order valence-corrected chi connectivity index (χ3v) is 2.89. The predicted octanol–water partition coefficient (Wildman–Crippen LogP) is 4.27. The van der Waals surface area contributed by atoms with E-state index in [0.717, 1.165) is 15.9 Å². The third-order valence-electron chi connectivity index (χ3n) is 1.11. The van der Waals surface area contributed by atoms with E-state index in [9.17, 15) is 35.1 Å². The van der Waals surface area contributed by atoms with Crippen LogP contribution >= 0.6 is 38.5 Å². The van der Waals surface area contributed by atoms with Crippen LogP contribution in [0.3, 0.4) is 0 Å². The predicted molar refractivity (Wildman–Crippen MR) is 42.7 cm³/mol. The lowest BCUT2D eigenvalue weighted by molar-refractivity contribution is -0.288. The summed E-state index contributed by atoms with van der Waals surface area (Å²) >= 11 is 0.599.